The van der Waals surface area contributed by atoms with Crippen LogP contribution in [0.3, 0.4) is 0 Å². The summed E-state index contributed by atoms with van der Waals surface area (Å²) in [6.45, 7) is 6.39. The Kier molecular flexibility index (Phi) is 3.16. The van der Waals surface area contributed by atoms with E-state index in [0.29, 0.717) is 5.41 Å². The third-order valence-electron chi connectivity index (χ3n) is 4.06. The second kappa shape index (κ2) is 4.81. The summed E-state index contributed by atoms with van der Waals surface area (Å²) in [6, 6.07) is 6.44. The maximum absolute atomic E-state index is 5.99. The number of hydrogen-bond acceptors (Lipinski definition) is 3. The molecule has 1 saturated heterocycles. The molecule has 2 N–H and O–H groups in total. The lowest BCUT2D eigenvalue weighted by molar-refractivity contribution is 0.180. The van der Waals surface area contributed by atoms with Crippen LogP contribution in [-0.4, -0.2) is 26.2 Å². The molecule has 3 rings (SSSR count). The van der Waals surface area contributed by atoms with Gasteiger partial charge in [-0.3, -0.25) is 0 Å². The highest BCUT2D eigenvalue weighted by Gasteiger charge is 2.29. The monoisotopic (exact) mass is 246 g/mol. The number of fused-ring (bicyclic) bond motifs is 1. The number of nitrogens with one attached hydrogen (secondary N) is 2. The Morgan fingerprint density at radius 3 is 3.11 bits per heavy atom. The Bertz CT molecular complexity index is 425. The van der Waals surface area contributed by atoms with Crippen LogP contribution in [0.2, 0.25) is 0 Å². The van der Waals surface area contributed by atoms with Crippen molar-refractivity contribution in [3.63, 3.8) is 0 Å². The van der Waals surface area contributed by atoms with Gasteiger partial charge in [0.2, 0.25) is 0 Å². The second-order valence-electron chi connectivity index (χ2n) is 5.88. The quantitative estimate of drug-likeness (QED) is 0.859. The molecule has 2 aliphatic rings. The van der Waals surface area contributed by atoms with E-state index in [1.54, 1.807) is 0 Å². The highest BCUT2D eigenvalue weighted by Crippen LogP contribution is 2.29. The fourth-order valence-electron chi connectivity index (χ4n) is 2.79. The van der Waals surface area contributed by atoms with Gasteiger partial charge < -0.3 is 15.4 Å². The largest absolute Gasteiger partial charge is 0.493 e. The fourth-order valence-corrected chi connectivity index (χ4v) is 2.79. The first-order valence-corrected chi connectivity index (χ1v) is 6.96. The average Bonchev–Trinajstić information content (AvgIpc) is 2.84. The SMILES string of the molecule is CC1(COc2ccc3c(c2)CCCN3)CCNC1. The summed E-state index contributed by atoms with van der Waals surface area (Å²) in [5.41, 5.74) is 2.98. The predicted octanol–water partition coefficient (Wildman–Crippen LogP) is 2.42. The van der Waals surface area contributed by atoms with Crippen molar-refractivity contribution in [1.29, 1.82) is 0 Å². The van der Waals surface area contributed by atoms with Gasteiger partial charge in [0.05, 0.1) is 6.61 Å². The van der Waals surface area contributed by atoms with E-state index in [4.69, 9.17) is 4.74 Å². The van der Waals surface area contributed by atoms with Crippen LogP contribution < -0.4 is 15.4 Å². The zero-order valence-electron chi connectivity index (χ0n) is 11.1. The van der Waals surface area contributed by atoms with Crippen molar-refractivity contribution >= 4 is 5.69 Å². The molecule has 1 aromatic carbocycles. The fraction of sp³-hybridized carbons (Fsp3) is 0.600. The standard InChI is InChI=1S/C15H22N2O/c1-15(6-8-16-10-15)11-18-13-4-5-14-12(9-13)3-2-7-17-14/h4-5,9,16-17H,2-3,6-8,10-11H2,1H3. The lowest BCUT2D eigenvalue weighted by atomic mass is 9.91. The summed E-state index contributed by atoms with van der Waals surface area (Å²) in [5.74, 6) is 1.02. The number of benzene rings is 1. The van der Waals surface area contributed by atoms with E-state index < -0.39 is 0 Å². The van der Waals surface area contributed by atoms with Gasteiger partial charge in [-0.2, -0.15) is 0 Å². The van der Waals surface area contributed by atoms with Gasteiger partial charge in [0.25, 0.3) is 0 Å². The first-order chi connectivity index (χ1) is 8.75. The van der Waals surface area contributed by atoms with Gasteiger partial charge in [-0.05, 0) is 49.6 Å². The van der Waals surface area contributed by atoms with Gasteiger partial charge in [0.15, 0.2) is 0 Å². The van der Waals surface area contributed by atoms with Crippen molar-refractivity contribution in [1.82, 2.24) is 5.32 Å². The lowest BCUT2D eigenvalue weighted by Gasteiger charge is -2.24. The van der Waals surface area contributed by atoms with Crippen molar-refractivity contribution in [2.45, 2.75) is 26.2 Å². The molecule has 0 aliphatic carbocycles. The van der Waals surface area contributed by atoms with Crippen LogP contribution in [-0.2, 0) is 6.42 Å². The number of ether oxygens (including phenoxy) is 1. The van der Waals surface area contributed by atoms with Gasteiger partial charge in [0.1, 0.15) is 5.75 Å². The molecule has 18 heavy (non-hydrogen) atoms. The molecule has 0 bridgehead atoms. The van der Waals surface area contributed by atoms with Gasteiger partial charge in [0, 0.05) is 24.2 Å². The van der Waals surface area contributed by atoms with Gasteiger partial charge in [-0.25, -0.2) is 0 Å². The molecular weight excluding hydrogens is 224 g/mol. The van der Waals surface area contributed by atoms with Crippen LogP contribution in [0.1, 0.15) is 25.3 Å². The minimum Gasteiger partial charge on any atom is -0.493 e. The molecule has 1 unspecified atom stereocenters. The van der Waals surface area contributed by atoms with Crippen LogP contribution in [0, 0.1) is 5.41 Å². The third-order valence-corrected chi connectivity index (χ3v) is 4.06. The molecule has 2 heterocycles. The van der Waals surface area contributed by atoms with Gasteiger partial charge in [-0.15, -0.1) is 0 Å². The Labute approximate surface area is 109 Å². The summed E-state index contributed by atoms with van der Waals surface area (Å²) in [5, 5.41) is 6.84. The zero-order chi connectivity index (χ0) is 12.4. The first kappa shape index (κ1) is 11.8. The highest BCUT2D eigenvalue weighted by atomic mass is 16.5. The molecule has 1 aromatic rings. The molecule has 1 fully saturated rings. The Morgan fingerprint density at radius 1 is 1.33 bits per heavy atom. The second-order valence-corrected chi connectivity index (χ2v) is 5.88. The lowest BCUT2D eigenvalue weighted by Crippen LogP contribution is -2.27. The molecule has 0 spiro atoms. The minimum atomic E-state index is 0.300. The summed E-state index contributed by atoms with van der Waals surface area (Å²) in [6.07, 6.45) is 3.59. The Balaban J connectivity index is 1.66. The van der Waals surface area contributed by atoms with E-state index >= 15 is 0 Å². The van der Waals surface area contributed by atoms with E-state index in [1.165, 1.54) is 30.5 Å². The van der Waals surface area contributed by atoms with E-state index in [1.807, 2.05) is 0 Å². The van der Waals surface area contributed by atoms with E-state index in [0.717, 1.165) is 32.0 Å². The van der Waals surface area contributed by atoms with Gasteiger partial charge >= 0.3 is 0 Å². The predicted molar refractivity (Wildman–Crippen MR) is 74.3 cm³/mol. The molecule has 0 radical (unpaired) electrons. The van der Waals surface area contributed by atoms with Crippen molar-refractivity contribution in [3.8, 4) is 5.75 Å². The van der Waals surface area contributed by atoms with Crippen molar-refractivity contribution in [2.75, 3.05) is 31.6 Å². The summed E-state index contributed by atoms with van der Waals surface area (Å²) in [7, 11) is 0. The Hall–Kier alpha value is -1.22. The maximum atomic E-state index is 5.99. The summed E-state index contributed by atoms with van der Waals surface area (Å²) >= 11 is 0. The normalized spacial score (nSPS) is 26.5. The van der Waals surface area contributed by atoms with Crippen LogP contribution in [0.25, 0.3) is 0 Å². The number of anilines is 1. The van der Waals surface area contributed by atoms with Crippen LogP contribution in [0.5, 0.6) is 5.75 Å². The van der Waals surface area contributed by atoms with Gasteiger partial charge in [-0.1, -0.05) is 6.92 Å². The summed E-state index contributed by atoms with van der Waals surface area (Å²) < 4.78 is 5.99. The van der Waals surface area contributed by atoms with Crippen molar-refractivity contribution in [2.24, 2.45) is 5.41 Å². The minimum absolute atomic E-state index is 0.300. The van der Waals surface area contributed by atoms with Crippen molar-refractivity contribution in [3.05, 3.63) is 23.8 Å². The molecule has 3 nitrogen and oxygen atoms in total. The van der Waals surface area contributed by atoms with E-state index in [9.17, 15) is 0 Å². The molecule has 0 aromatic heterocycles. The smallest absolute Gasteiger partial charge is 0.119 e. The molecule has 0 saturated carbocycles. The van der Waals surface area contributed by atoms with E-state index in [-0.39, 0.29) is 0 Å². The highest BCUT2D eigenvalue weighted by molar-refractivity contribution is 5.55. The number of hydrogen-bond donors (Lipinski definition) is 2. The van der Waals surface area contributed by atoms with E-state index in [2.05, 4.69) is 35.8 Å². The number of rotatable bonds is 3. The van der Waals surface area contributed by atoms with Crippen LogP contribution >= 0.6 is 0 Å². The third kappa shape index (κ3) is 2.46. The van der Waals surface area contributed by atoms with Crippen molar-refractivity contribution < 1.29 is 4.74 Å². The molecule has 3 heteroatoms. The molecule has 1 atom stereocenters. The maximum Gasteiger partial charge on any atom is 0.119 e. The average molecular weight is 246 g/mol. The van der Waals surface area contributed by atoms with Crippen LogP contribution in [0.4, 0.5) is 5.69 Å². The topological polar surface area (TPSA) is 33.3 Å². The zero-order valence-corrected chi connectivity index (χ0v) is 11.1. The number of aryl methyl sites for hydroxylation is 1. The molecular formula is C15H22N2O. The molecule has 0 amide bonds. The molecule has 98 valence electrons. The first-order valence-electron chi connectivity index (χ1n) is 6.96. The summed E-state index contributed by atoms with van der Waals surface area (Å²) in [4.78, 5) is 0. The Morgan fingerprint density at radius 2 is 2.28 bits per heavy atom. The molecule has 2 aliphatic heterocycles. The van der Waals surface area contributed by atoms with Crippen LogP contribution in [0.15, 0.2) is 18.2 Å².